The van der Waals surface area contributed by atoms with Crippen molar-refractivity contribution in [2.45, 2.75) is 19.3 Å². The molecular weight excluding hydrogens is 256 g/mol. The largest absolute Gasteiger partial charge is 0.340 e. The van der Waals surface area contributed by atoms with Crippen LogP contribution in [0.5, 0.6) is 0 Å². The van der Waals surface area contributed by atoms with Crippen molar-refractivity contribution in [3.8, 4) is 0 Å². The number of nitrogens with two attached hydrogens (primary N) is 2. The average molecular weight is 276 g/mol. The number of nitrogens with zero attached hydrogens (tertiary/aromatic N) is 2. The summed E-state index contributed by atoms with van der Waals surface area (Å²) in [6.45, 7) is 1.71. The van der Waals surface area contributed by atoms with E-state index in [0.29, 0.717) is 19.6 Å². The van der Waals surface area contributed by atoms with Crippen LogP contribution in [0.25, 0.3) is 0 Å². The minimum Gasteiger partial charge on any atom is -0.340 e. The number of amides is 1. The third-order valence-electron chi connectivity index (χ3n) is 4.04. The second kappa shape index (κ2) is 4.76. The fourth-order valence-electron chi connectivity index (χ4n) is 2.59. The van der Waals surface area contributed by atoms with Gasteiger partial charge in [0.1, 0.15) is 0 Å². The summed E-state index contributed by atoms with van der Waals surface area (Å²) in [5.41, 5.74) is 5.31. The molecule has 7 nitrogen and oxygen atoms in total. The maximum Gasteiger partial charge on any atom is 0.277 e. The van der Waals surface area contributed by atoms with Crippen LogP contribution in [-0.4, -0.2) is 56.3 Å². The first-order valence-corrected chi connectivity index (χ1v) is 7.67. The SMILES string of the molecule is NCC1(C(=O)N2CCN(S(N)(=O)=O)CC2)CCC1. The van der Waals surface area contributed by atoms with Crippen LogP contribution in [0, 0.1) is 5.41 Å². The molecule has 8 heteroatoms. The first kappa shape index (κ1) is 13.7. The fraction of sp³-hybridized carbons (Fsp3) is 0.900. The first-order valence-electron chi connectivity index (χ1n) is 6.16. The molecule has 0 aromatic heterocycles. The maximum atomic E-state index is 12.3. The predicted molar refractivity (Wildman–Crippen MR) is 66.6 cm³/mol. The van der Waals surface area contributed by atoms with Gasteiger partial charge >= 0.3 is 0 Å². The van der Waals surface area contributed by atoms with Crippen molar-refractivity contribution in [3.05, 3.63) is 0 Å². The van der Waals surface area contributed by atoms with Crippen LogP contribution in [-0.2, 0) is 15.0 Å². The van der Waals surface area contributed by atoms with Gasteiger partial charge in [-0.05, 0) is 12.8 Å². The number of hydrogen-bond donors (Lipinski definition) is 2. The molecule has 0 aromatic carbocycles. The summed E-state index contributed by atoms with van der Waals surface area (Å²) in [5, 5.41) is 5.06. The summed E-state index contributed by atoms with van der Waals surface area (Å²) in [6.07, 6.45) is 2.73. The van der Waals surface area contributed by atoms with Gasteiger partial charge in [-0.15, -0.1) is 0 Å². The summed E-state index contributed by atoms with van der Waals surface area (Å²) in [4.78, 5) is 14.1. The molecule has 0 unspecified atom stereocenters. The van der Waals surface area contributed by atoms with E-state index < -0.39 is 10.2 Å². The molecule has 2 aliphatic rings. The molecule has 1 amide bonds. The van der Waals surface area contributed by atoms with Gasteiger partial charge in [0.05, 0.1) is 5.41 Å². The zero-order valence-electron chi connectivity index (χ0n) is 10.3. The smallest absolute Gasteiger partial charge is 0.277 e. The van der Waals surface area contributed by atoms with Gasteiger partial charge in [-0.1, -0.05) is 6.42 Å². The highest BCUT2D eigenvalue weighted by Gasteiger charge is 2.45. The Morgan fingerprint density at radius 1 is 1.17 bits per heavy atom. The molecule has 0 atom stereocenters. The van der Waals surface area contributed by atoms with Gasteiger partial charge in [-0.3, -0.25) is 4.79 Å². The van der Waals surface area contributed by atoms with Gasteiger partial charge in [0.2, 0.25) is 5.91 Å². The molecule has 4 N–H and O–H groups in total. The molecule has 104 valence electrons. The summed E-state index contributed by atoms with van der Waals surface area (Å²) in [6, 6.07) is 0. The summed E-state index contributed by atoms with van der Waals surface area (Å²) >= 11 is 0. The second-order valence-electron chi connectivity index (χ2n) is 5.07. The normalized spacial score (nSPS) is 24.7. The highest BCUT2D eigenvalue weighted by molar-refractivity contribution is 7.86. The standard InChI is InChI=1S/C10H20N4O3S/c11-8-10(2-1-3-10)9(15)13-4-6-14(7-5-13)18(12,16)17/h1-8,11H2,(H2,12,16,17). The van der Waals surface area contributed by atoms with Gasteiger partial charge in [0.25, 0.3) is 10.2 Å². The van der Waals surface area contributed by atoms with Gasteiger partial charge in [0.15, 0.2) is 0 Å². The molecule has 0 spiro atoms. The van der Waals surface area contributed by atoms with E-state index in [4.69, 9.17) is 10.9 Å². The Balaban J connectivity index is 1.96. The molecule has 2 fully saturated rings. The molecule has 2 rings (SSSR count). The predicted octanol–water partition coefficient (Wildman–Crippen LogP) is -1.54. The Labute approximate surface area is 107 Å². The third-order valence-corrected chi connectivity index (χ3v) is 5.13. The monoisotopic (exact) mass is 276 g/mol. The van der Waals surface area contributed by atoms with Crippen LogP contribution >= 0.6 is 0 Å². The third kappa shape index (κ3) is 2.37. The molecule has 0 bridgehead atoms. The maximum absolute atomic E-state index is 12.3. The van der Waals surface area contributed by atoms with Crippen LogP contribution in [0.1, 0.15) is 19.3 Å². The van der Waals surface area contributed by atoms with Crippen molar-refractivity contribution in [2.75, 3.05) is 32.7 Å². The van der Waals surface area contributed by atoms with E-state index in [1.54, 1.807) is 4.90 Å². The minimum atomic E-state index is -3.64. The average Bonchev–Trinajstić information content (AvgIpc) is 2.27. The topological polar surface area (TPSA) is 110 Å². The number of piperazine rings is 1. The molecular formula is C10H20N4O3S. The minimum absolute atomic E-state index is 0.0744. The fourth-order valence-corrected chi connectivity index (χ4v) is 3.26. The molecule has 1 saturated heterocycles. The van der Waals surface area contributed by atoms with E-state index in [2.05, 4.69) is 0 Å². The Morgan fingerprint density at radius 3 is 2.06 bits per heavy atom. The van der Waals surface area contributed by atoms with E-state index in [1.165, 1.54) is 4.31 Å². The molecule has 0 aromatic rings. The van der Waals surface area contributed by atoms with Gasteiger partial charge in [0, 0.05) is 32.7 Å². The Bertz CT molecular complexity index is 419. The van der Waals surface area contributed by atoms with Crippen LogP contribution in [0.15, 0.2) is 0 Å². The van der Waals surface area contributed by atoms with Crippen LogP contribution < -0.4 is 10.9 Å². The van der Waals surface area contributed by atoms with Crippen molar-refractivity contribution in [1.82, 2.24) is 9.21 Å². The zero-order chi connectivity index (χ0) is 13.4. The van der Waals surface area contributed by atoms with Crippen molar-refractivity contribution < 1.29 is 13.2 Å². The van der Waals surface area contributed by atoms with Crippen molar-refractivity contribution in [2.24, 2.45) is 16.3 Å². The highest BCUT2D eigenvalue weighted by atomic mass is 32.2. The Kier molecular flexibility index (Phi) is 3.63. The van der Waals surface area contributed by atoms with E-state index in [-0.39, 0.29) is 24.4 Å². The van der Waals surface area contributed by atoms with Crippen LogP contribution in [0.4, 0.5) is 0 Å². The van der Waals surface area contributed by atoms with Crippen molar-refractivity contribution in [1.29, 1.82) is 0 Å². The van der Waals surface area contributed by atoms with Gasteiger partial charge in [-0.25, -0.2) is 5.14 Å². The number of carbonyl (C=O) groups excluding carboxylic acids is 1. The van der Waals surface area contributed by atoms with E-state index >= 15 is 0 Å². The van der Waals surface area contributed by atoms with Crippen molar-refractivity contribution >= 4 is 16.1 Å². The lowest BCUT2D eigenvalue weighted by molar-refractivity contribution is -0.147. The van der Waals surface area contributed by atoms with E-state index in [0.717, 1.165) is 19.3 Å². The molecule has 1 heterocycles. The summed E-state index contributed by atoms with van der Waals surface area (Å²) in [7, 11) is -3.64. The van der Waals surface area contributed by atoms with Gasteiger partial charge < -0.3 is 10.6 Å². The lowest BCUT2D eigenvalue weighted by atomic mass is 9.67. The molecule has 0 radical (unpaired) electrons. The quantitative estimate of drug-likeness (QED) is 0.651. The molecule has 1 saturated carbocycles. The number of rotatable bonds is 3. The number of hydrogen-bond acceptors (Lipinski definition) is 4. The molecule has 1 aliphatic carbocycles. The first-order chi connectivity index (χ1) is 8.39. The zero-order valence-corrected chi connectivity index (χ0v) is 11.2. The van der Waals surface area contributed by atoms with E-state index in [1.807, 2.05) is 0 Å². The molecule has 18 heavy (non-hydrogen) atoms. The van der Waals surface area contributed by atoms with E-state index in [9.17, 15) is 13.2 Å². The van der Waals surface area contributed by atoms with Crippen molar-refractivity contribution in [3.63, 3.8) is 0 Å². The second-order valence-corrected chi connectivity index (χ2v) is 6.62. The Hall–Kier alpha value is -0.700. The van der Waals surface area contributed by atoms with Crippen LogP contribution in [0.3, 0.4) is 0 Å². The summed E-state index contributed by atoms with van der Waals surface area (Å²) < 4.78 is 23.5. The highest BCUT2D eigenvalue weighted by Crippen LogP contribution is 2.41. The van der Waals surface area contributed by atoms with Gasteiger partial charge in [-0.2, -0.15) is 12.7 Å². The lowest BCUT2D eigenvalue weighted by Gasteiger charge is -2.44. The summed E-state index contributed by atoms with van der Waals surface area (Å²) in [5.74, 6) is 0.0744. The number of carbonyl (C=O) groups is 1. The Morgan fingerprint density at radius 2 is 1.72 bits per heavy atom. The molecule has 1 aliphatic heterocycles. The van der Waals surface area contributed by atoms with Crippen LogP contribution in [0.2, 0.25) is 0 Å². The lowest BCUT2D eigenvalue weighted by Crippen LogP contribution is -2.58.